The monoisotopic (exact) mass is 403 g/mol. The molecular weight excluding hydrogens is 378 g/mol. The van der Waals surface area contributed by atoms with Crippen LogP contribution >= 0.6 is 11.8 Å². The first-order chi connectivity index (χ1) is 13.1. The van der Waals surface area contributed by atoms with Crippen molar-refractivity contribution in [1.29, 1.82) is 16.2 Å². The molecule has 1 rings (SSSR count). The van der Waals surface area contributed by atoms with E-state index in [-0.39, 0.29) is 18.0 Å². The molecule has 1 atom stereocenters. The van der Waals surface area contributed by atoms with E-state index in [2.05, 4.69) is 15.6 Å². The Hall–Kier alpha value is -3.01. The summed E-state index contributed by atoms with van der Waals surface area (Å²) in [7, 11) is 0. The number of nitrogens with two attached hydrogens (primary N) is 1. The van der Waals surface area contributed by atoms with Crippen LogP contribution in [0.5, 0.6) is 0 Å². The van der Waals surface area contributed by atoms with Crippen molar-refractivity contribution in [3.63, 3.8) is 0 Å². The van der Waals surface area contributed by atoms with Gasteiger partial charge in [-0.15, -0.1) is 11.8 Å². The second-order valence-corrected chi connectivity index (χ2v) is 7.11. The molecule has 9 nitrogen and oxygen atoms in total. The zero-order valence-electron chi connectivity index (χ0n) is 16.3. The number of aromatic nitrogens is 1. The quantitative estimate of drug-likeness (QED) is 0.273. The number of carbonyl (C=O) groups is 2. The summed E-state index contributed by atoms with van der Waals surface area (Å²) in [4.78, 5) is 28.3. The lowest BCUT2D eigenvalue weighted by molar-refractivity contribution is -0.117. The van der Waals surface area contributed by atoms with Crippen molar-refractivity contribution < 1.29 is 9.59 Å². The second-order valence-electron chi connectivity index (χ2n) is 6.07. The Labute approximate surface area is 168 Å². The van der Waals surface area contributed by atoms with Crippen molar-refractivity contribution >= 4 is 52.0 Å². The summed E-state index contributed by atoms with van der Waals surface area (Å²) >= 11 is 1.26. The first kappa shape index (κ1) is 23.0. The topological polar surface area (TPSA) is 169 Å². The molecule has 2 amide bonds. The second kappa shape index (κ2) is 10.4. The van der Waals surface area contributed by atoms with Gasteiger partial charge in [-0.1, -0.05) is 0 Å². The first-order valence-corrected chi connectivity index (χ1v) is 9.61. The molecule has 0 aliphatic rings. The van der Waals surface area contributed by atoms with Crippen LogP contribution in [-0.4, -0.2) is 45.6 Å². The summed E-state index contributed by atoms with van der Waals surface area (Å²) in [5, 5.41) is 27.3. The summed E-state index contributed by atoms with van der Waals surface area (Å²) < 4.78 is 0. The van der Waals surface area contributed by atoms with Gasteiger partial charge >= 0.3 is 0 Å². The molecule has 0 aliphatic heterocycles. The highest BCUT2D eigenvalue weighted by Gasteiger charge is 2.19. The molecule has 1 unspecified atom stereocenters. The Bertz CT molecular complexity index is 827. The van der Waals surface area contributed by atoms with Gasteiger partial charge in [0.15, 0.2) is 0 Å². The minimum atomic E-state index is -0.691. The normalized spacial score (nSPS) is 12.4. The van der Waals surface area contributed by atoms with Crippen LogP contribution in [0.1, 0.15) is 32.9 Å². The van der Waals surface area contributed by atoms with Gasteiger partial charge in [0, 0.05) is 17.0 Å². The number of amides is 2. The standard InChI is InChI=1S/C18H25N7O2S/c1-9(19)16(10(2)20)13-6-5-12(8-23-13)24-14(26)7-15(28-4)25-18(27)17(22)11(3)21/h5-6,8,15,19,21-22H,7,20H2,1-4H3,(H,24,26)(H,25,27). The number of hydrogen-bond acceptors (Lipinski definition) is 8. The third-order valence-corrected chi connectivity index (χ3v) is 4.48. The molecule has 1 heterocycles. The highest BCUT2D eigenvalue weighted by molar-refractivity contribution is 7.99. The molecule has 1 aromatic rings. The van der Waals surface area contributed by atoms with E-state index in [0.29, 0.717) is 28.4 Å². The number of nitrogens with zero attached hydrogens (tertiary/aromatic N) is 1. The number of nitrogens with one attached hydrogen (secondary N) is 5. The average Bonchev–Trinajstić information content (AvgIpc) is 2.61. The largest absolute Gasteiger partial charge is 0.402 e. The van der Waals surface area contributed by atoms with Crippen molar-refractivity contribution in [1.82, 2.24) is 10.3 Å². The van der Waals surface area contributed by atoms with Gasteiger partial charge < -0.3 is 27.2 Å². The molecule has 1 aromatic heterocycles. The molecule has 150 valence electrons. The zero-order valence-corrected chi connectivity index (χ0v) is 17.1. The Morgan fingerprint density at radius 2 is 1.82 bits per heavy atom. The van der Waals surface area contributed by atoms with Crippen molar-refractivity contribution in [2.75, 3.05) is 11.6 Å². The van der Waals surface area contributed by atoms with Gasteiger partial charge in [-0.2, -0.15) is 0 Å². The van der Waals surface area contributed by atoms with E-state index in [1.165, 1.54) is 24.9 Å². The van der Waals surface area contributed by atoms with Crippen LogP contribution in [0.4, 0.5) is 5.69 Å². The van der Waals surface area contributed by atoms with Gasteiger partial charge in [-0.25, -0.2) is 0 Å². The van der Waals surface area contributed by atoms with Crippen LogP contribution in [0.2, 0.25) is 0 Å². The molecule has 0 aromatic carbocycles. The zero-order chi connectivity index (χ0) is 21.4. The van der Waals surface area contributed by atoms with E-state index in [4.69, 9.17) is 22.0 Å². The lowest BCUT2D eigenvalue weighted by Crippen LogP contribution is -2.41. The third-order valence-electron chi connectivity index (χ3n) is 3.62. The van der Waals surface area contributed by atoms with Crippen LogP contribution in [0, 0.1) is 16.2 Å². The number of hydrogen-bond donors (Lipinski definition) is 6. The third kappa shape index (κ3) is 6.62. The van der Waals surface area contributed by atoms with Crippen molar-refractivity contribution in [2.24, 2.45) is 5.73 Å². The predicted octanol–water partition coefficient (Wildman–Crippen LogP) is 2.00. The maximum absolute atomic E-state index is 12.2. The number of rotatable bonds is 9. The summed E-state index contributed by atoms with van der Waals surface area (Å²) in [6.07, 6.45) is 3.20. The minimum absolute atomic E-state index is 0.00828. The Balaban J connectivity index is 2.75. The van der Waals surface area contributed by atoms with Crippen LogP contribution < -0.4 is 16.4 Å². The highest BCUT2D eigenvalue weighted by atomic mass is 32.2. The van der Waals surface area contributed by atoms with Crippen LogP contribution in [0.3, 0.4) is 0 Å². The molecule has 7 N–H and O–H groups in total. The van der Waals surface area contributed by atoms with Crippen molar-refractivity contribution in [3.05, 3.63) is 29.7 Å². The maximum Gasteiger partial charge on any atom is 0.271 e. The van der Waals surface area contributed by atoms with Crippen LogP contribution in [-0.2, 0) is 9.59 Å². The Kier molecular flexibility index (Phi) is 8.52. The van der Waals surface area contributed by atoms with Crippen LogP contribution in [0.15, 0.2) is 24.0 Å². The number of carbonyl (C=O) groups excluding carboxylic acids is 2. The first-order valence-electron chi connectivity index (χ1n) is 8.32. The van der Waals surface area contributed by atoms with E-state index in [1.54, 1.807) is 32.2 Å². The number of anilines is 1. The van der Waals surface area contributed by atoms with E-state index in [0.717, 1.165) is 0 Å². The van der Waals surface area contributed by atoms with Crippen molar-refractivity contribution in [3.8, 4) is 0 Å². The van der Waals surface area contributed by atoms with E-state index < -0.39 is 17.0 Å². The van der Waals surface area contributed by atoms with E-state index >= 15 is 0 Å². The molecule has 28 heavy (non-hydrogen) atoms. The van der Waals surface area contributed by atoms with Crippen molar-refractivity contribution in [2.45, 2.75) is 32.6 Å². The summed E-state index contributed by atoms with van der Waals surface area (Å²) in [6.45, 7) is 4.67. The van der Waals surface area contributed by atoms with Gasteiger partial charge in [-0.3, -0.25) is 20.0 Å². The number of pyridine rings is 1. The molecule has 0 spiro atoms. The van der Waals surface area contributed by atoms with Gasteiger partial charge in [0.05, 0.1) is 35.1 Å². The summed E-state index contributed by atoms with van der Waals surface area (Å²) in [6, 6.07) is 3.33. The fourth-order valence-corrected chi connectivity index (χ4v) is 2.81. The minimum Gasteiger partial charge on any atom is -0.402 e. The molecule has 0 saturated heterocycles. The molecule has 10 heteroatoms. The lowest BCUT2D eigenvalue weighted by Gasteiger charge is -2.16. The van der Waals surface area contributed by atoms with Gasteiger partial charge in [0.1, 0.15) is 5.71 Å². The molecule has 0 saturated carbocycles. The fraction of sp³-hybridized carbons (Fsp3) is 0.333. The number of allylic oxidation sites excluding steroid dienone is 2. The summed E-state index contributed by atoms with van der Waals surface area (Å²) in [5.74, 6) is -1.02. The SMILES string of the molecule is CSC(CC(=O)Nc1ccc(C(C(C)=N)=C(C)N)nc1)NC(=O)C(=N)C(C)=N. The van der Waals surface area contributed by atoms with E-state index in [1.807, 2.05) is 0 Å². The van der Waals surface area contributed by atoms with Crippen LogP contribution in [0.25, 0.3) is 5.57 Å². The fourth-order valence-electron chi connectivity index (χ4n) is 2.27. The smallest absolute Gasteiger partial charge is 0.271 e. The molecule has 0 bridgehead atoms. The van der Waals surface area contributed by atoms with Gasteiger partial charge in [0.2, 0.25) is 5.91 Å². The maximum atomic E-state index is 12.2. The van der Waals surface area contributed by atoms with Gasteiger partial charge in [0.25, 0.3) is 5.91 Å². The molecular formula is C18H25N7O2S. The number of thioether (sulfide) groups is 1. The Morgan fingerprint density at radius 1 is 1.18 bits per heavy atom. The predicted molar refractivity (Wildman–Crippen MR) is 114 cm³/mol. The van der Waals surface area contributed by atoms with E-state index in [9.17, 15) is 9.59 Å². The molecule has 0 radical (unpaired) electrons. The highest BCUT2D eigenvalue weighted by Crippen LogP contribution is 2.18. The Morgan fingerprint density at radius 3 is 2.25 bits per heavy atom. The van der Waals surface area contributed by atoms with Gasteiger partial charge in [-0.05, 0) is 39.2 Å². The summed E-state index contributed by atoms with van der Waals surface area (Å²) in [5.41, 5.74) is 7.58. The lowest BCUT2D eigenvalue weighted by atomic mass is 10.1. The average molecular weight is 404 g/mol. The molecule has 0 aliphatic carbocycles. The molecule has 0 fully saturated rings.